The predicted octanol–water partition coefficient (Wildman–Crippen LogP) is 4.62. The van der Waals surface area contributed by atoms with Crippen molar-refractivity contribution in [1.29, 1.82) is 0 Å². The Bertz CT molecular complexity index is 977. The van der Waals surface area contributed by atoms with Crippen molar-refractivity contribution in [2.45, 2.75) is 6.04 Å². The summed E-state index contributed by atoms with van der Waals surface area (Å²) in [6, 6.07) is 12.7. The highest BCUT2D eigenvalue weighted by atomic mass is 35.5. The molecule has 28 heavy (non-hydrogen) atoms. The lowest BCUT2D eigenvalue weighted by Crippen LogP contribution is -2.31. The SMILES string of the molecule is Clc1ccc(OCCO/N=C2\c3ccccc3OCC2n2ccnc2)c(Cl)c1. The monoisotopic (exact) mass is 417 g/mol. The van der Waals surface area contributed by atoms with Crippen molar-refractivity contribution < 1.29 is 14.3 Å². The van der Waals surface area contributed by atoms with Crippen LogP contribution in [0.1, 0.15) is 11.6 Å². The minimum atomic E-state index is -0.121. The van der Waals surface area contributed by atoms with E-state index in [9.17, 15) is 0 Å². The van der Waals surface area contributed by atoms with Crippen molar-refractivity contribution in [2.24, 2.45) is 5.16 Å². The van der Waals surface area contributed by atoms with Gasteiger partial charge in [0, 0.05) is 23.0 Å². The highest BCUT2D eigenvalue weighted by Gasteiger charge is 2.28. The topological polar surface area (TPSA) is 57.9 Å². The molecule has 0 spiro atoms. The zero-order chi connectivity index (χ0) is 19.3. The standard InChI is InChI=1S/C20H17Cl2N3O3/c21-14-5-6-19(16(22)11-14)26-9-10-28-24-20-15-3-1-2-4-18(15)27-12-17(20)25-8-7-23-13-25/h1-8,11,13,17H,9-10,12H2/b24-20+. The lowest BCUT2D eigenvalue weighted by molar-refractivity contribution is 0.105. The molecule has 1 aliphatic heterocycles. The Morgan fingerprint density at radius 2 is 2.07 bits per heavy atom. The summed E-state index contributed by atoms with van der Waals surface area (Å²) in [7, 11) is 0. The molecule has 1 aromatic heterocycles. The van der Waals surface area contributed by atoms with Gasteiger partial charge in [-0.05, 0) is 30.3 Å². The van der Waals surface area contributed by atoms with Gasteiger partial charge >= 0.3 is 0 Å². The molecule has 144 valence electrons. The van der Waals surface area contributed by atoms with Gasteiger partial charge in [-0.2, -0.15) is 0 Å². The van der Waals surface area contributed by atoms with E-state index in [-0.39, 0.29) is 12.6 Å². The predicted molar refractivity (Wildman–Crippen MR) is 108 cm³/mol. The number of fused-ring (bicyclic) bond motifs is 1. The number of ether oxygens (including phenoxy) is 2. The Morgan fingerprint density at radius 1 is 1.18 bits per heavy atom. The summed E-state index contributed by atoms with van der Waals surface area (Å²) in [5, 5.41) is 5.40. The molecule has 3 aromatic rings. The van der Waals surface area contributed by atoms with Crippen molar-refractivity contribution in [3.63, 3.8) is 0 Å². The molecule has 0 radical (unpaired) electrons. The van der Waals surface area contributed by atoms with Crippen LogP contribution in [0.15, 0.2) is 66.3 Å². The van der Waals surface area contributed by atoms with E-state index >= 15 is 0 Å². The van der Waals surface area contributed by atoms with Crippen LogP contribution in [0.4, 0.5) is 0 Å². The molecule has 2 heterocycles. The third-order valence-electron chi connectivity index (χ3n) is 4.25. The number of benzene rings is 2. The fourth-order valence-corrected chi connectivity index (χ4v) is 3.38. The van der Waals surface area contributed by atoms with Crippen molar-refractivity contribution >= 4 is 28.9 Å². The zero-order valence-corrected chi connectivity index (χ0v) is 16.3. The summed E-state index contributed by atoms with van der Waals surface area (Å²) in [4.78, 5) is 9.66. The third-order valence-corrected chi connectivity index (χ3v) is 4.78. The quantitative estimate of drug-likeness (QED) is 0.433. The van der Waals surface area contributed by atoms with E-state index in [2.05, 4.69) is 10.1 Å². The van der Waals surface area contributed by atoms with E-state index < -0.39 is 0 Å². The average molecular weight is 418 g/mol. The molecule has 1 unspecified atom stereocenters. The summed E-state index contributed by atoms with van der Waals surface area (Å²) >= 11 is 12.0. The lowest BCUT2D eigenvalue weighted by atomic mass is 10.00. The van der Waals surface area contributed by atoms with Gasteiger partial charge in [0.05, 0.1) is 11.3 Å². The van der Waals surface area contributed by atoms with Crippen molar-refractivity contribution in [1.82, 2.24) is 9.55 Å². The van der Waals surface area contributed by atoms with Gasteiger partial charge in [-0.25, -0.2) is 4.98 Å². The Hall–Kier alpha value is -2.70. The first-order chi connectivity index (χ1) is 13.7. The molecule has 0 saturated carbocycles. The van der Waals surface area contributed by atoms with Crippen molar-refractivity contribution in [3.8, 4) is 11.5 Å². The molecule has 0 bridgehead atoms. The van der Waals surface area contributed by atoms with Gasteiger partial charge in [0.2, 0.25) is 0 Å². The fraction of sp³-hybridized carbons (Fsp3) is 0.200. The molecular formula is C20H17Cl2N3O3. The van der Waals surface area contributed by atoms with Crippen LogP contribution in [0.25, 0.3) is 0 Å². The maximum Gasteiger partial charge on any atom is 0.151 e. The molecule has 0 N–H and O–H groups in total. The molecule has 1 atom stereocenters. The Kier molecular flexibility index (Phi) is 5.69. The maximum absolute atomic E-state index is 6.10. The normalized spacial score (nSPS) is 17.1. The first-order valence-electron chi connectivity index (χ1n) is 8.70. The second-order valence-electron chi connectivity index (χ2n) is 6.07. The summed E-state index contributed by atoms with van der Waals surface area (Å²) in [6.07, 6.45) is 5.34. The number of hydrogen-bond donors (Lipinski definition) is 0. The second kappa shape index (κ2) is 8.54. The van der Waals surface area contributed by atoms with E-state index in [0.29, 0.717) is 29.0 Å². The van der Waals surface area contributed by atoms with Crippen LogP contribution in [0.3, 0.4) is 0 Å². The molecule has 8 heteroatoms. The molecule has 6 nitrogen and oxygen atoms in total. The van der Waals surface area contributed by atoms with E-state index in [1.807, 2.05) is 35.0 Å². The highest BCUT2D eigenvalue weighted by molar-refractivity contribution is 6.35. The molecular weight excluding hydrogens is 401 g/mol. The number of nitrogens with zero attached hydrogens (tertiary/aromatic N) is 3. The minimum Gasteiger partial charge on any atom is -0.490 e. The number of rotatable bonds is 6. The number of oxime groups is 1. The summed E-state index contributed by atoms with van der Waals surface area (Å²) in [6.45, 7) is 1.01. The molecule has 0 aliphatic carbocycles. The zero-order valence-electron chi connectivity index (χ0n) is 14.8. The van der Waals surface area contributed by atoms with E-state index in [1.165, 1.54) is 0 Å². The van der Waals surface area contributed by atoms with Crippen LogP contribution < -0.4 is 9.47 Å². The summed E-state index contributed by atoms with van der Waals surface area (Å²) in [5.41, 5.74) is 1.68. The summed E-state index contributed by atoms with van der Waals surface area (Å²) < 4.78 is 13.4. The van der Waals surface area contributed by atoms with Gasteiger partial charge in [-0.1, -0.05) is 40.5 Å². The van der Waals surface area contributed by atoms with Gasteiger partial charge < -0.3 is 18.9 Å². The van der Waals surface area contributed by atoms with Crippen LogP contribution in [0.5, 0.6) is 11.5 Å². The highest BCUT2D eigenvalue weighted by Crippen LogP contribution is 2.30. The molecule has 0 amide bonds. The molecule has 1 aliphatic rings. The smallest absolute Gasteiger partial charge is 0.151 e. The minimum absolute atomic E-state index is 0.121. The van der Waals surface area contributed by atoms with Crippen LogP contribution in [-0.2, 0) is 4.84 Å². The maximum atomic E-state index is 6.10. The van der Waals surface area contributed by atoms with Gasteiger partial charge in [-0.15, -0.1) is 0 Å². The van der Waals surface area contributed by atoms with Crippen LogP contribution in [-0.4, -0.2) is 35.1 Å². The van der Waals surface area contributed by atoms with E-state index in [0.717, 1.165) is 17.0 Å². The van der Waals surface area contributed by atoms with Gasteiger partial charge in [0.1, 0.15) is 36.5 Å². The largest absolute Gasteiger partial charge is 0.490 e. The van der Waals surface area contributed by atoms with E-state index in [1.54, 1.807) is 30.7 Å². The van der Waals surface area contributed by atoms with Gasteiger partial charge in [0.25, 0.3) is 0 Å². The number of halogens is 2. The number of imidazole rings is 1. The van der Waals surface area contributed by atoms with Crippen molar-refractivity contribution in [2.75, 3.05) is 19.8 Å². The van der Waals surface area contributed by atoms with Gasteiger partial charge in [-0.3, -0.25) is 0 Å². The average Bonchev–Trinajstić information content (AvgIpc) is 3.23. The first kappa shape index (κ1) is 18.7. The molecule has 0 saturated heterocycles. The number of para-hydroxylation sites is 1. The lowest BCUT2D eigenvalue weighted by Gasteiger charge is -2.27. The van der Waals surface area contributed by atoms with Crippen LogP contribution in [0, 0.1) is 0 Å². The second-order valence-corrected chi connectivity index (χ2v) is 6.91. The van der Waals surface area contributed by atoms with Gasteiger partial charge in [0.15, 0.2) is 6.61 Å². The fourth-order valence-electron chi connectivity index (χ4n) is 2.92. The number of aromatic nitrogens is 2. The molecule has 2 aromatic carbocycles. The van der Waals surface area contributed by atoms with E-state index in [4.69, 9.17) is 37.5 Å². The Morgan fingerprint density at radius 3 is 2.89 bits per heavy atom. The van der Waals surface area contributed by atoms with Crippen LogP contribution in [0.2, 0.25) is 10.0 Å². The first-order valence-corrected chi connectivity index (χ1v) is 9.45. The Balaban J connectivity index is 1.45. The molecule has 4 rings (SSSR count). The molecule has 0 fully saturated rings. The van der Waals surface area contributed by atoms with Crippen LogP contribution >= 0.6 is 23.2 Å². The number of hydrogen-bond acceptors (Lipinski definition) is 5. The Labute approximate surface area is 172 Å². The third kappa shape index (κ3) is 4.08. The summed E-state index contributed by atoms with van der Waals surface area (Å²) in [5.74, 6) is 1.33. The van der Waals surface area contributed by atoms with Crippen molar-refractivity contribution in [3.05, 3.63) is 76.8 Å².